The topological polar surface area (TPSA) is 41.1 Å². The van der Waals surface area contributed by atoms with Gasteiger partial charge in [0, 0.05) is 26.3 Å². The Hall–Kier alpha value is -1.05. The van der Waals surface area contributed by atoms with Gasteiger partial charge in [-0.05, 0) is 28.8 Å². The van der Waals surface area contributed by atoms with Gasteiger partial charge in [0.25, 0.3) is 0 Å². The molecule has 1 fully saturated rings. The SMILES string of the molecule is CNc1ncc(Br)c(N2CCCC(C(F)(F)F)C2)n1. The van der Waals surface area contributed by atoms with Gasteiger partial charge < -0.3 is 10.2 Å². The van der Waals surface area contributed by atoms with Crippen LogP contribution in [-0.4, -0.2) is 36.3 Å². The molecule has 106 valence electrons. The molecule has 0 aliphatic carbocycles. The fraction of sp³-hybridized carbons (Fsp3) is 0.636. The summed E-state index contributed by atoms with van der Waals surface area (Å²) >= 11 is 3.29. The van der Waals surface area contributed by atoms with Crippen LogP contribution in [0.2, 0.25) is 0 Å². The molecule has 1 aliphatic heterocycles. The van der Waals surface area contributed by atoms with E-state index in [0.717, 1.165) is 0 Å². The molecule has 0 spiro atoms. The summed E-state index contributed by atoms with van der Waals surface area (Å²) in [5.74, 6) is -0.387. The first-order valence-electron chi connectivity index (χ1n) is 5.93. The lowest BCUT2D eigenvalue weighted by atomic mass is 9.97. The summed E-state index contributed by atoms with van der Waals surface area (Å²) in [5.41, 5.74) is 0. The lowest BCUT2D eigenvalue weighted by Gasteiger charge is -2.34. The van der Waals surface area contributed by atoms with Gasteiger partial charge in [0.1, 0.15) is 5.82 Å². The zero-order chi connectivity index (χ0) is 14.0. The van der Waals surface area contributed by atoms with Gasteiger partial charge in [-0.3, -0.25) is 0 Å². The van der Waals surface area contributed by atoms with Crippen molar-refractivity contribution < 1.29 is 13.2 Å². The van der Waals surface area contributed by atoms with E-state index in [1.54, 1.807) is 18.1 Å². The minimum atomic E-state index is -4.15. The standard InChI is InChI=1S/C11H14BrF3N4/c1-16-10-17-5-8(12)9(18-10)19-4-2-3-7(6-19)11(13,14)15/h5,7H,2-4,6H2,1H3,(H,16,17,18). The normalized spacial score (nSPS) is 20.5. The van der Waals surface area contributed by atoms with Gasteiger partial charge in [-0.15, -0.1) is 0 Å². The van der Waals surface area contributed by atoms with Crippen LogP contribution in [0.1, 0.15) is 12.8 Å². The fourth-order valence-electron chi connectivity index (χ4n) is 2.14. The van der Waals surface area contributed by atoms with Crippen LogP contribution in [0.25, 0.3) is 0 Å². The van der Waals surface area contributed by atoms with E-state index < -0.39 is 12.1 Å². The number of aromatic nitrogens is 2. The maximum atomic E-state index is 12.8. The van der Waals surface area contributed by atoms with Crippen LogP contribution in [0, 0.1) is 5.92 Å². The molecule has 0 radical (unpaired) electrons. The third-order valence-electron chi connectivity index (χ3n) is 3.13. The smallest absolute Gasteiger partial charge is 0.357 e. The second-order valence-corrected chi connectivity index (χ2v) is 5.30. The number of alkyl halides is 3. The number of nitrogens with zero attached hydrogens (tertiary/aromatic N) is 3. The highest BCUT2D eigenvalue weighted by Gasteiger charge is 2.42. The highest BCUT2D eigenvalue weighted by Crippen LogP contribution is 2.36. The zero-order valence-electron chi connectivity index (χ0n) is 10.3. The Morgan fingerprint density at radius 3 is 2.84 bits per heavy atom. The molecule has 4 nitrogen and oxygen atoms in total. The van der Waals surface area contributed by atoms with Gasteiger partial charge in [-0.25, -0.2) is 4.98 Å². The molecule has 2 rings (SSSR count). The second kappa shape index (κ2) is 5.52. The number of anilines is 2. The third kappa shape index (κ3) is 3.29. The Morgan fingerprint density at radius 2 is 2.21 bits per heavy atom. The first-order chi connectivity index (χ1) is 8.91. The molecule has 1 aromatic rings. The number of rotatable bonds is 2. The number of piperidine rings is 1. The van der Waals surface area contributed by atoms with Crippen LogP contribution in [0.4, 0.5) is 24.9 Å². The van der Waals surface area contributed by atoms with Gasteiger partial charge >= 0.3 is 6.18 Å². The maximum Gasteiger partial charge on any atom is 0.393 e. The number of hydrogen-bond donors (Lipinski definition) is 1. The Kier molecular flexibility index (Phi) is 4.17. The summed E-state index contributed by atoms with van der Waals surface area (Å²) < 4.78 is 39.0. The Labute approximate surface area is 117 Å². The molecule has 2 heterocycles. The molecule has 0 bridgehead atoms. The molecule has 0 amide bonds. The Morgan fingerprint density at radius 1 is 1.47 bits per heavy atom. The number of halogens is 4. The highest BCUT2D eigenvalue weighted by atomic mass is 79.9. The first kappa shape index (κ1) is 14.4. The maximum absolute atomic E-state index is 12.8. The van der Waals surface area contributed by atoms with E-state index in [0.29, 0.717) is 29.2 Å². The summed E-state index contributed by atoms with van der Waals surface area (Å²) in [6.07, 6.45) is -1.91. The van der Waals surface area contributed by atoms with Gasteiger partial charge in [0.2, 0.25) is 5.95 Å². The predicted molar refractivity (Wildman–Crippen MR) is 70.3 cm³/mol. The van der Waals surface area contributed by atoms with Gasteiger partial charge in [-0.1, -0.05) is 0 Å². The second-order valence-electron chi connectivity index (χ2n) is 4.44. The molecule has 1 N–H and O–H groups in total. The molecule has 8 heteroatoms. The first-order valence-corrected chi connectivity index (χ1v) is 6.73. The fourth-order valence-corrected chi connectivity index (χ4v) is 2.58. The van der Waals surface area contributed by atoms with Crippen LogP contribution < -0.4 is 10.2 Å². The molecule has 0 saturated carbocycles. The lowest BCUT2D eigenvalue weighted by molar-refractivity contribution is -0.176. The van der Waals surface area contributed by atoms with Crippen molar-refractivity contribution >= 4 is 27.7 Å². The molecular weight excluding hydrogens is 325 g/mol. The quantitative estimate of drug-likeness (QED) is 0.899. The van der Waals surface area contributed by atoms with Crippen molar-refractivity contribution in [2.24, 2.45) is 5.92 Å². The third-order valence-corrected chi connectivity index (χ3v) is 3.69. The highest BCUT2D eigenvalue weighted by molar-refractivity contribution is 9.10. The Balaban J connectivity index is 2.21. The lowest BCUT2D eigenvalue weighted by Crippen LogP contribution is -2.42. The minimum Gasteiger partial charge on any atom is -0.357 e. The van der Waals surface area contributed by atoms with E-state index in [4.69, 9.17) is 0 Å². The largest absolute Gasteiger partial charge is 0.393 e. The minimum absolute atomic E-state index is 0.0533. The van der Waals surface area contributed by atoms with Crippen molar-refractivity contribution in [2.75, 3.05) is 30.4 Å². The van der Waals surface area contributed by atoms with Crippen LogP contribution in [0.5, 0.6) is 0 Å². The van der Waals surface area contributed by atoms with E-state index in [1.165, 1.54) is 0 Å². The van der Waals surface area contributed by atoms with E-state index in [9.17, 15) is 13.2 Å². The van der Waals surface area contributed by atoms with E-state index in [1.807, 2.05) is 0 Å². The average Bonchev–Trinajstić information content (AvgIpc) is 2.38. The summed E-state index contributed by atoms with van der Waals surface area (Å²) in [5, 5.41) is 2.78. The van der Waals surface area contributed by atoms with Crippen molar-refractivity contribution in [3.05, 3.63) is 10.7 Å². The average molecular weight is 339 g/mol. The molecule has 1 saturated heterocycles. The molecule has 0 aromatic carbocycles. The molecule has 1 aliphatic rings. The van der Waals surface area contributed by atoms with Gasteiger partial charge in [0.05, 0.1) is 10.4 Å². The molecule has 19 heavy (non-hydrogen) atoms. The zero-order valence-corrected chi connectivity index (χ0v) is 11.9. The van der Waals surface area contributed by atoms with Crippen molar-refractivity contribution in [1.29, 1.82) is 0 Å². The number of nitrogens with one attached hydrogen (secondary N) is 1. The molecule has 1 aromatic heterocycles. The molecule has 1 unspecified atom stereocenters. The van der Waals surface area contributed by atoms with Gasteiger partial charge in [-0.2, -0.15) is 18.2 Å². The summed E-state index contributed by atoms with van der Waals surface area (Å²) in [7, 11) is 1.67. The Bertz CT molecular complexity index is 452. The van der Waals surface area contributed by atoms with Crippen molar-refractivity contribution in [1.82, 2.24) is 9.97 Å². The van der Waals surface area contributed by atoms with Gasteiger partial charge in [0.15, 0.2) is 0 Å². The number of hydrogen-bond acceptors (Lipinski definition) is 4. The monoisotopic (exact) mass is 338 g/mol. The summed E-state index contributed by atoms with van der Waals surface area (Å²) in [4.78, 5) is 9.88. The summed E-state index contributed by atoms with van der Waals surface area (Å²) in [6.45, 7) is 0.521. The summed E-state index contributed by atoms with van der Waals surface area (Å²) in [6, 6.07) is 0. The van der Waals surface area contributed by atoms with Crippen LogP contribution in [0.3, 0.4) is 0 Å². The van der Waals surface area contributed by atoms with Crippen LogP contribution in [-0.2, 0) is 0 Å². The van der Waals surface area contributed by atoms with Crippen LogP contribution in [0.15, 0.2) is 10.7 Å². The predicted octanol–water partition coefficient (Wildman–Crippen LogP) is 3.06. The molecular formula is C11H14BrF3N4. The van der Waals surface area contributed by atoms with E-state index in [2.05, 4.69) is 31.2 Å². The molecule has 1 atom stereocenters. The van der Waals surface area contributed by atoms with Crippen LogP contribution >= 0.6 is 15.9 Å². The van der Waals surface area contributed by atoms with E-state index >= 15 is 0 Å². The van der Waals surface area contributed by atoms with Crippen molar-refractivity contribution in [2.45, 2.75) is 19.0 Å². The van der Waals surface area contributed by atoms with E-state index in [-0.39, 0.29) is 13.0 Å². The van der Waals surface area contributed by atoms with Crippen molar-refractivity contribution in [3.8, 4) is 0 Å². The van der Waals surface area contributed by atoms with Crippen molar-refractivity contribution in [3.63, 3.8) is 0 Å².